The molecule has 0 saturated heterocycles. The summed E-state index contributed by atoms with van der Waals surface area (Å²) in [6.07, 6.45) is 0. The molecule has 0 atom stereocenters. The third kappa shape index (κ3) is 3.68. The first-order chi connectivity index (χ1) is 11.0. The summed E-state index contributed by atoms with van der Waals surface area (Å²) in [7, 11) is 0. The highest BCUT2D eigenvalue weighted by molar-refractivity contribution is 6.00. The van der Waals surface area contributed by atoms with Crippen molar-refractivity contribution in [2.45, 2.75) is 20.8 Å². The molecular weight excluding hydrogens is 296 g/mol. The molecule has 0 fully saturated rings. The van der Waals surface area contributed by atoms with Gasteiger partial charge in [0, 0.05) is 37.2 Å². The monoisotopic (exact) mass is 316 g/mol. The molecular formula is C16H20N4O3. The summed E-state index contributed by atoms with van der Waals surface area (Å²) < 4.78 is 5.34. The lowest BCUT2D eigenvalue weighted by atomic mass is 10.1. The number of nitrogens with two attached hydrogens (primary N) is 1. The average molecular weight is 316 g/mol. The van der Waals surface area contributed by atoms with E-state index in [0.29, 0.717) is 5.58 Å². The van der Waals surface area contributed by atoms with Crippen LogP contribution in [0.1, 0.15) is 26.3 Å². The van der Waals surface area contributed by atoms with E-state index in [2.05, 4.69) is 29.3 Å². The summed E-state index contributed by atoms with van der Waals surface area (Å²) in [5.74, 6) is -0.467. The third-order valence-corrected chi connectivity index (χ3v) is 3.46. The van der Waals surface area contributed by atoms with Crippen LogP contribution in [0.3, 0.4) is 0 Å². The van der Waals surface area contributed by atoms with Gasteiger partial charge in [0.1, 0.15) is 11.1 Å². The number of amidine groups is 1. The second kappa shape index (κ2) is 6.95. The smallest absolute Gasteiger partial charge is 0.347 e. The number of carbonyl (C=O) groups excluding carboxylic acids is 1. The number of hydrogen-bond donors (Lipinski definition) is 2. The number of hydrogen-bond acceptors (Lipinski definition) is 5. The fourth-order valence-corrected chi connectivity index (χ4v) is 2.26. The molecule has 0 saturated carbocycles. The van der Waals surface area contributed by atoms with E-state index in [-0.39, 0.29) is 17.3 Å². The van der Waals surface area contributed by atoms with E-state index < -0.39 is 5.63 Å². The van der Waals surface area contributed by atoms with Crippen LogP contribution >= 0.6 is 0 Å². The Morgan fingerprint density at radius 2 is 2.00 bits per heavy atom. The van der Waals surface area contributed by atoms with Gasteiger partial charge in [-0.2, -0.15) is 5.10 Å². The Kier molecular flexibility index (Phi) is 5.00. The van der Waals surface area contributed by atoms with Gasteiger partial charge >= 0.3 is 5.63 Å². The van der Waals surface area contributed by atoms with Crippen molar-refractivity contribution in [3.8, 4) is 0 Å². The van der Waals surface area contributed by atoms with Gasteiger partial charge in [-0.1, -0.05) is 0 Å². The van der Waals surface area contributed by atoms with Crippen LogP contribution in [0.25, 0.3) is 11.0 Å². The lowest BCUT2D eigenvalue weighted by molar-refractivity contribution is -0.118. The number of nitrogens with zero attached hydrogens (tertiary/aromatic N) is 2. The van der Waals surface area contributed by atoms with Crippen LogP contribution in [0, 0.1) is 0 Å². The molecule has 0 radical (unpaired) electrons. The molecule has 0 spiro atoms. The number of fused-ring (bicyclic) bond motifs is 1. The van der Waals surface area contributed by atoms with E-state index in [1.54, 1.807) is 6.07 Å². The Morgan fingerprint density at radius 1 is 1.30 bits per heavy atom. The maximum atomic E-state index is 12.1. The fraction of sp³-hybridized carbons (Fsp3) is 0.312. The zero-order chi connectivity index (χ0) is 17.0. The lowest BCUT2D eigenvalue weighted by Crippen LogP contribution is -2.26. The zero-order valence-electron chi connectivity index (χ0n) is 13.4. The molecule has 2 aromatic rings. The van der Waals surface area contributed by atoms with Crippen LogP contribution in [0.4, 0.5) is 5.69 Å². The van der Waals surface area contributed by atoms with Crippen LogP contribution in [0.15, 0.2) is 38.6 Å². The highest BCUT2D eigenvalue weighted by Crippen LogP contribution is 2.21. The van der Waals surface area contributed by atoms with Crippen molar-refractivity contribution in [2.24, 2.45) is 10.8 Å². The van der Waals surface area contributed by atoms with Crippen molar-refractivity contribution in [1.82, 2.24) is 5.43 Å². The Morgan fingerprint density at radius 3 is 2.61 bits per heavy atom. The van der Waals surface area contributed by atoms with Crippen molar-refractivity contribution < 1.29 is 9.21 Å². The first kappa shape index (κ1) is 16.5. The van der Waals surface area contributed by atoms with Gasteiger partial charge in [-0.05, 0) is 32.0 Å². The number of rotatable bonds is 5. The molecule has 0 bridgehead atoms. The van der Waals surface area contributed by atoms with E-state index in [1.165, 1.54) is 6.92 Å². The molecule has 1 aromatic heterocycles. The van der Waals surface area contributed by atoms with Crippen molar-refractivity contribution in [3.63, 3.8) is 0 Å². The molecule has 0 aliphatic rings. The zero-order valence-corrected chi connectivity index (χ0v) is 13.4. The number of nitrogens with one attached hydrogen (secondary N) is 1. The number of hydrazone groups is 1. The van der Waals surface area contributed by atoms with E-state index in [9.17, 15) is 9.59 Å². The fourth-order valence-electron chi connectivity index (χ4n) is 2.26. The van der Waals surface area contributed by atoms with Gasteiger partial charge in [-0.3, -0.25) is 4.79 Å². The average Bonchev–Trinajstić information content (AvgIpc) is 2.53. The molecule has 2 rings (SSSR count). The number of anilines is 1. The number of benzene rings is 1. The predicted molar refractivity (Wildman–Crippen MR) is 90.6 cm³/mol. The van der Waals surface area contributed by atoms with Gasteiger partial charge in [0.2, 0.25) is 5.91 Å². The highest BCUT2D eigenvalue weighted by atomic mass is 16.4. The van der Waals surface area contributed by atoms with E-state index in [4.69, 9.17) is 10.2 Å². The summed E-state index contributed by atoms with van der Waals surface area (Å²) in [6, 6.07) is 7.25. The molecule has 7 nitrogen and oxygen atoms in total. The molecule has 122 valence electrons. The minimum absolute atomic E-state index is 0.0938. The second-order valence-electron chi connectivity index (χ2n) is 5.01. The summed E-state index contributed by atoms with van der Waals surface area (Å²) in [4.78, 5) is 25.1. The number of carbonyl (C=O) groups is 1. The second-order valence-corrected chi connectivity index (χ2v) is 5.01. The quantitative estimate of drug-likeness (QED) is 0.376. The highest BCUT2D eigenvalue weighted by Gasteiger charge is 2.11. The molecule has 0 unspecified atom stereocenters. The van der Waals surface area contributed by atoms with Crippen molar-refractivity contribution in [3.05, 3.63) is 40.2 Å². The summed E-state index contributed by atoms with van der Waals surface area (Å²) in [5.41, 5.74) is 8.90. The molecule has 1 amide bonds. The SMILES string of the molecule is CCN(CC)c1ccc2cc(C(N)=NNC(C)=O)c(=O)oc2c1. The molecule has 0 aliphatic heterocycles. The molecule has 3 N–H and O–H groups in total. The summed E-state index contributed by atoms with van der Waals surface area (Å²) in [5, 5.41) is 4.39. The summed E-state index contributed by atoms with van der Waals surface area (Å²) >= 11 is 0. The topological polar surface area (TPSA) is 101 Å². The van der Waals surface area contributed by atoms with Crippen molar-refractivity contribution >= 4 is 28.4 Å². The maximum Gasteiger partial charge on any atom is 0.347 e. The molecule has 1 heterocycles. The normalized spacial score (nSPS) is 11.5. The largest absolute Gasteiger partial charge is 0.422 e. The van der Waals surface area contributed by atoms with Gasteiger partial charge in [0.15, 0.2) is 5.84 Å². The minimum atomic E-state index is -0.596. The Hall–Kier alpha value is -2.83. The van der Waals surface area contributed by atoms with Crippen LogP contribution in [0.2, 0.25) is 0 Å². The van der Waals surface area contributed by atoms with Gasteiger partial charge < -0.3 is 15.1 Å². The minimum Gasteiger partial charge on any atom is -0.422 e. The van der Waals surface area contributed by atoms with E-state index >= 15 is 0 Å². The van der Waals surface area contributed by atoms with Gasteiger partial charge in [0.25, 0.3) is 0 Å². The van der Waals surface area contributed by atoms with Gasteiger partial charge in [0.05, 0.1) is 0 Å². The van der Waals surface area contributed by atoms with Crippen molar-refractivity contribution in [1.29, 1.82) is 0 Å². The maximum absolute atomic E-state index is 12.1. The Labute approximate surface area is 133 Å². The molecule has 0 aliphatic carbocycles. The third-order valence-electron chi connectivity index (χ3n) is 3.46. The molecule has 23 heavy (non-hydrogen) atoms. The number of amides is 1. The van der Waals surface area contributed by atoms with Crippen molar-refractivity contribution in [2.75, 3.05) is 18.0 Å². The lowest BCUT2D eigenvalue weighted by Gasteiger charge is -2.21. The Bertz CT molecular complexity index is 807. The van der Waals surface area contributed by atoms with E-state index in [0.717, 1.165) is 24.2 Å². The molecule has 1 aromatic carbocycles. The van der Waals surface area contributed by atoms with Crippen LogP contribution in [0.5, 0.6) is 0 Å². The first-order valence-corrected chi connectivity index (χ1v) is 7.39. The first-order valence-electron chi connectivity index (χ1n) is 7.39. The Balaban J connectivity index is 2.47. The molecule has 7 heteroatoms. The van der Waals surface area contributed by atoms with E-state index in [1.807, 2.05) is 18.2 Å². The van der Waals surface area contributed by atoms with Crippen LogP contribution in [-0.4, -0.2) is 24.8 Å². The van der Waals surface area contributed by atoms with Crippen LogP contribution in [-0.2, 0) is 4.79 Å². The van der Waals surface area contributed by atoms with Crippen LogP contribution < -0.4 is 21.7 Å². The standard InChI is InChI=1S/C16H20N4O3/c1-4-20(5-2)12-7-6-11-8-13(15(17)19-18-10(3)21)16(22)23-14(11)9-12/h6-9H,4-5H2,1-3H3,(H2,17,19)(H,18,21). The van der Waals surface area contributed by atoms with Gasteiger partial charge in [-0.25, -0.2) is 10.2 Å². The predicted octanol–water partition coefficient (Wildman–Crippen LogP) is 1.40. The van der Waals surface area contributed by atoms with Gasteiger partial charge in [-0.15, -0.1) is 0 Å². The summed E-state index contributed by atoms with van der Waals surface area (Å²) in [6.45, 7) is 7.15.